The van der Waals surface area contributed by atoms with Crippen molar-refractivity contribution < 1.29 is 0 Å². The SMILES string of the molecule is CC(C)(C)n1c2ccc(-c3ccccc3)cc2c2c3c(ccc21)-c1ccccc1C3. The van der Waals surface area contributed by atoms with E-state index in [0.29, 0.717) is 0 Å². The first-order valence-corrected chi connectivity index (χ1v) is 10.8. The number of nitrogens with zero attached hydrogens (tertiary/aromatic N) is 1. The van der Waals surface area contributed by atoms with Crippen LogP contribution < -0.4 is 0 Å². The number of fused-ring (bicyclic) bond motifs is 7. The lowest BCUT2D eigenvalue weighted by Gasteiger charge is -2.24. The Morgan fingerprint density at radius 1 is 0.667 bits per heavy atom. The topological polar surface area (TPSA) is 4.93 Å². The normalized spacial score (nSPS) is 13.0. The molecular weight excluding hydrogens is 362 g/mol. The second-order valence-electron chi connectivity index (χ2n) is 9.42. The van der Waals surface area contributed by atoms with Gasteiger partial charge in [-0.3, -0.25) is 0 Å². The number of hydrogen-bond acceptors (Lipinski definition) is 0. The lowest BCUT2D eigenvalue weighted by atomic mass is 9.98. The first-order chi connectivity index (χ1) is 14.5. The summed E-state index contributed by atoms with van der Waals surface area (Å²) in [4.78, 5) is 0. The largest absolute Gasteiger partial charge is 0.335 e. The fraction of sp³-hybridized carbons (Fsp3) is 0.172. The summed E-state index contributed by atoms with van der Waals surface area (Å²) >= 11 is 0. The minimum atomic E-state index is 0.00789. The Balaban J connectivity index is 1.73. The van der Waals surface area contributed by atoms with Gasteiger partial charge in [-0.2, -0.15) is 0 Å². The monoisotopic (exact) mass is 387 g/mol. The number of rotatable bonds is 1. The molecule has 0 amide bonds. The van der Waals surface area contributed by atoms with Crippen molar-refractivity contribution in [1.29, 1.82) is 0 Å². The molecule has 0 spiro atoms. The highest BCUT2D eigenvalue weighted by Gasteiger charge is 2.26. The Bertz CT molecular complexity index is 1430. The van der Waals surface area contributed by atoms with Gasteiger partial charge in [0.1, 0.15) is 0 Å². The molecule has 0 saturated carbocycles. The van der Waals surface area contributed by atoms with Crippen LogP contribution in [0.5, 0.6) is 0 Å². The van der Waals surface area contributed by atoms with E-state index in [4.69, 9.17) is 0 Å². The Morgan fingerprint density at radius 2 is 1.40 bits per heavy atom. The number of benzene rings is 4. The second-order valence-corrected chi connectivity index (χ2v) is 9.42. The minimum absolute atomic E-state index is 0.00789. The quantitative estimate of drug-likeness (QED) is 0.271. The first-order valence-electron chi connectivity index (χ1n) is 10.8. The summed E-state index contributed by atoms with van der Waals surface area (Å²) in [7, 11) is 0. The van der Waals surface area contributed by atoms with Crippen LogP contribution in [0.1, 0.15) is 31.9 Å². The van der Waals surface area contributed by atoms with Crippen LogP contribution in [0.2, 0.25) is 0 Å². The fourth-order valence-electron chi connectivity index (χ4n) is 5.28. The molecule has 0 atom stereocenters. The standard InChI is InChI=1S/C29H25N/c1-29(2,3)30-26-15-13-20(19-9-5-4-6-10-19)17-25(26)28-24-18-21-11-7-8-12-22(21)23(24)14-16-27(28)30/h4-17H,18H2,1-3H3. The molecule has 1 aliphatic carbocycles. The van der Waals surface area contributed by atoms with E-state index < -0.39 is 0 Å². The molecule has 0 radical (unpaired) electrons. The van der Waals surface area contributed by atoms with Crippen molar-refractivity contribution in [1.82, 2.24) is 4.57 Å². The molecule has 6 rings (SSSR count). The maximum atomic E-state index is 2.52. The maximum Gasteiger partial charge on any atom is 0.0499 e. The summed E-state index contributed by atoms with van der Waals surface area (Å²) in [5, 5.41) is 2.79. The molecule has 5 aromatic rings. The van der Waals surface area contributed by atoms with Crippen LogP contribution in [0, 0.1) is 0 Å². The molecule has 0 saturated heterocycles. The van der Waals surface area contributed by atoms with Gasteiger partial charge in [-0.1, -0.05) is 66.7 Å². The molecule has 1 heterocycles. The zero-order valence-electron chi connectivity index (χ0n) is 17.7. The molecule has 1 aromatic heterocycles. The summed E-state index contributed by atoms with van der Waals surface area (Å²) in [6.45, 7) is 6.91. The molecule has 1 aliphatic rings. The molecule has 1 nitrogen and oxygen atoms in total. The van der Waals surface area contributed by atoms with Gasteiger partial charge in [-0.05, 0) is 78.8 Å². The smallest absolute Gasteiger partial charge is 0.0499 e. The average Bonchev–Trinajstić information content (AvgIpc) is 3.29. The van der Waals surface area contributed by atoms with Crippen LogP contribution in [0.3, 0.4) is 0 Å². The number of hydrogen-bond donors (Lipinski definition) is 0. The summed E-state index contributed by atoms with van der Waals surface area (Å²) in [6, 6.07) is 31.2. The van der Waals surface area contributed by atoms with E-state index in [1.54, 1.807) is 0 Å². The summed E-state index contributed by atoms with van der Waals surface area (Å²) in [6.07, 6.45) is 1.02. The molecule has 0 N–H and O–H groups in total. The molecule has 0 bridgehead atoms. The van der Waals surface area contributed by atoms with Gasteiger partial charge in [0.25, 0.3) is 0 Å². The molecule has 1 heteroatoms. The average molecular weight is 388 g/mol. The van der Waals surface area contributed by atoms with Crippen LogP contribution in [-0.2, 0) is 12.0 Å². The van der Waals surface area contributed by atoms with Gasteiger partial charge in [0.05, 0.1) is 0 Å². The van der Waals surface area contributed by atoms with Crippen LogP contribution in [-0.4, -0.2) is 4.57 Å². The van der Waals surface area contributed by atoms with Crippen molar-refractivity contribution in [3.8, 4) is 22.3 Å². The Hall–Kier alpha value is -3.32. The highest BCUT2D eigenvalue weighted by Crippen LogP contribution is 2.45. The minimum Gasteiger partial charge on any atom is -0.335 e. The third kappa shape index (κ3) is 2.42. The highest BCUT2D eigenvalue weighted by molar-refractivity contribution is 6.13. The van der Waals surface area contributed by atoms with Crippen molar-refractivity contribution in [3.63, 3.8) is 0 Å². The molecule has 0 fully saturated rings. The lowest BCUT2D eigenvalue weighted by Crippen LogP contribution is -2.21. The van der Waals surface area contributed by atoms with E-state index >= 15 is 0 Å². The first kappa shape index (κ1) is 17.5. The van der Waals surface area contributed by atoms with E-state index in [0.717, 1.165) is 6.42 Å². The van der Waals surface area contributed by atoms with E-state index in [1.807, 2.05) is 0 Å². The molecule has 146 valence electrons. The zero-order valence-corrected chi connectivity index (χ0v) is 17.7. The van der Waals surface area contributed by atoms with Gasteiger partial charge in [-0.15, -0.1) is 0 Å². The van der Waals surface area contributed by atoms with Crippen molar-refractivity contribution >= 4 is 21.8 Å². The molecule has 30 heavy (non-hydrogen) atoms. The molecular formula is C29H25N. The third-order valence-corrected chi connectivity index (χ3v) is 6.49. The summed E-state index contributed by atoms with van der Waals surface area (Å²) < 4.78 is 2.52. The summed E-state index contributed by atoms with van der Waals surface area (Å²) in [5.41, 5.74) is 10.9. The van der Waals surface area contributed by atoms with Crippen molar-refractivity contribution in [3.05, 3.63) is 96.1 Å². The molecule has 4 aromatic carbocycles. The highest BCUT2D eigenvalue weighted by atomic mass is 15.0. The van der Waals surface area contributed by atoms with Gasteiger partial charge in [0.15, 0.2) is 0 Å². The molecule has 0 aliphatic heterocycles. The fourth-order valence-corrected chi connectivity index (χ4v) is 5.28. The second kappa shape index (κ2) is 6.09. The van der Waals surface area contributed by atoms with E-state index in [2.05, 4.69) is 110 Å². The van der Waals surface area contributed by atoms with Crippen LogP contribution in [0.15, 0.2) is 84.9 Å². The van der Waals surface area contributed by atoms with Crippen LogP contribution in [0.25, 0.3) is 44.1 Å². The van der Waals surface area contributed by atoms with Crippen molar-refractivity contribution in [2.24, 2.45) is 0 Å². The predicted octanol–water partition coefficient (Wildman–Crippen LogP) is 7.79. The van der Waals surface area contributed by atoms with E-state index in [-0.39, 0.29) is 5.54 Å². The van der Waals surface area contributed by atoms with Crippen molar-refractivity contribution in [2.75, 3.05) is 0 Å². The Kier molecular flexibility index (Phi) is 3.56. The lowest BCUT2D eigenvalue weighted by molar-refractivity contribution is 0.423. The van der Waals surface area contributed by atoms with Gasteiger partial charge < -0.3 is 4.57 Å². The van der Waals surface area contributed by atoms with Crippen LogP contribution in [0.4, 0.5) is 0 Å². The van der Waals surface area contributed by atoms with Crippen molar-refractivity contribution in [2.45, 2.75) is 32.7 Å². The van der Waals surface area contributed by atoms with Gasteiger partial charge >= 0.3 is 0 Å². The number of aromatic nitrogens is 1. The summed E-state index contributed by atoms with van der Waals surface area (Å²) in [5.74, 6) is 0. The van der Waals surface area contributed by atoms with E-state index in [9.17, 15) is 0 Å². The molecule has 0 unspecified atom stereocenters. The van der Waals surface area contributed by atoms with Gasteiger partial charge in [0, 0.05) is 27.3 Å². The van der Waals surface area contributed by atoms with Gasteiger partial charge in [0.2, 0.25) is 0 Å². The Labute approximate surface area is 177 Å². The van der Waals surface area contributed by atoms with E-state index in [1.165, 1.54) is 55.2 Å². The van der Waals surface area contributed by atoms with Gasteiger partial charge in [-0.25, -0.2) is 0 Å². The Morgan fingerprint density at radius 3 is 2.20 bits per heavy atom. The maximum absolute atomic E-state index is 2.52. The van der Waals surface area contributed by atoms with Crippen LogP contribution >= 0.6 is 0 Å². The third-order valence-electron chi connectivity index (χ3n) is 6.49. The predicted molar refractivity (Wildman–Crippen MR) is 128 cm³/mol. The zero-order chi connectivity index (χ0) is 20.5.